The lowest BCUT2D eigenvalue weighted by atomic mass is 10.1. The van der Waals surface area contributed by atoms with Gasteiger partial charge in [0.1, 0.15) is 12.2 Å². The average Bonchev–Trinajstić information content (AvgIpc) is 2.18. The molecule has 3 N–H and O–H groups in total. The highest BCUT2D eigenvalue weighted by molar-refractivity contribution is 5.82. The maximum Gasteiger partial charge on any atom is 0.408 e. The van der Waals surface area contributed by atoms with E-state index in [1.54, 1.807) is 20.8 Å². The van der Waals surface area contributed by atoms with Crippen LogP contribution >= 0.6 is 0 Å². The first-order valence-electron chi connectivity index (χ1n) is 6.38. The fraction of sp³-hybridized carbons (Fsp3) is 0.846. The maximum absolute atomic E-state index is 11.8. The Labute approximate surface area is 119 Å². The van der Waals surface area contributed by atoms with Crippen LogP contribution in [-0.4, -0.2) is 52.2 Å². The van der Waals surface area contributed by atoms with Crippen LogP contribution in [0, 0.1) is 0 Å². The number of alkyl carbamates (subject to hydrolysis) is 1. The van der Waals surface area contributed by atoms with Gasteiger partial charge in [-0.05, 0) is 41.5 Å². The minimum absolute atomic E-state index is 0.245. The summed E-state index contributed by atoms with van der Waals surface area (Å²) in [6.07, 6.45) is -1.99. The molecule has 0 aromatic rings. The Morgan fingerprint density at radius 3 is 2.05 bits per heavy atom. The van der Waals surface area contributed by atoms with E-state index in [2.05, 4.69) is 5.32 Å². The largest absolute Gasteiger partial charge is 0.461 e. The van der Waals surface area contributed by atoms with Gasteiger partial charge in [-0.15, -0.1) is 0 Å². The van der Waals surface area contributed by atoms with Crippen molar-refractivity contribution in [3.8, 4) is 0 Å². The highest BCUT2D eigenvalue weighted by Gasteiger charge is 2.30. The van der Waals surface area contributed by atoms with E-state index in [1.807, 2.05) is 0 Å². The molecule has 0 aliphatic rings. The molecule has 0 saturated heterocycles. The van der Waals surface area contributed by atoms with Gasteiger partial charge in [-0.1, -0.05) is 0 Å². The molecule has 0 saturated carbocycles. The van der Waals surface area contributed by atoms with Crippen LogP contribution in [0.2, 0.25) is 0 Å². The Hall–Kier alpha value is -1.34. The number of carbonyl (C=O) groups excluding carboxylic acids is 2. The van der Waals surface area contributed by atoms with Gasteiger partial charge >= 0.3 is 12.1 Å². The maximum atomic E-state index is 11.8. The molecule has 0 aromatic carbocycles. The normalized spacial score (nSPS) is 15.2. The van der Waals surface area contributed by atoms with Crippen LogP contribution in [0.5, 0.6) is 0 Å². The molecule has 0 heterocycles. The van der Waals surface area contributed by atoms with Crippen molar-refractivity contribution < 1.29 is 29.3 Å². The molecule has 0 rings (SSSR count). The van der Waals surface area contributed by atoms with E-state index < -0.39 is 35.4 Å². The standard InChI is InChI=1S/C13H25NO6/c1-8(15)9(10(16)19-7-13(5,6)18)14-11(17)20-12(2,3)4/h8-9,15,18H,7H2,1-6H3,(H,14,17). The number of carbonyl (C=O) groups is 2. The van der Waals surface area contributed by atoms with Crippen molar-refractivity contribution in [2.45, 2.75) is 64.9 Å². The summed E-state index contributed by atoms with van der Waals surface area (Å²) in [5.74, 6) is -0.840. The summed E-state index contributed by atoms with van der Waals surface area (Å²) < 4.78 is 9.84. The van der Waals surface area contributed by atoms with Crippen molar-refractivity contribution in [2.24, 2.45) is 0 Å². The first kappa shape index (κ1) is 18.7. The summed E-state index contributed by atoms with van der Waals surface area (Å²) in [6.45, 7) is 9.07. The van der Waals surface area contributed by atoms with E-state index in [9.17, 15) is 19.8 Å². The van der Waals surface area contributed by atoms with Gasteiger partial charge < -0.3 is 25.0 Å². The smallest absolute Gasteiger partial charge is 0.408 e. The minimum Gasteiger partial charge on any atom is -0.461 e. The molecule has 0 spiro atoms. The Morgan fingerprint density at radius 2 is 1.70 bits per heavy atom. The van der Waals surface area contributed by atoms with E-state index in [0.717, 1.165) is 0 Å². The van der Waals surface area contributed by atoms with Crippen molar-refractivity contribution in [2.75, 3.05) is 6.61 Å². The Morgan fingerprint density at radius 1 is 1.20 bits per heavy atom. The van der Waals surface area contributed by atoms with Gasteiger partial charge in [0.25, 0.3) is 0 Å². The highest BCUT2D eigenvalue weighted by atomic mass is 16.6. The zero-order chi connectivity index (χ0) is 16.1. The SMILES string of the molecule is CC(O)C(NC(=O)OC(C)(C)C)C(=O)OCC(C)(C)O. The first-order chi connectivity index (χ1) is 8.82. The van der Waals surface area contributed by atoms with Crippen molar-refractivity contribution in [1.82, 2.24) is 5.32 Å². The number of hydrogen-bond acceptors (Lipinski definition) is 6. The topological polar surface area (TPSA) is 105 Å². The van der Waals surface area contributed by atoms with Crippen LogP contribution < -0.4 is 5.32 Å². The predicted molar refractivity (Wildman–Crippen MR) is 72.1 cm³/mol. The van der Waals surface area contributed by atoms with E-state index in [1.165, 1.54) is 20.8 Å². The van der Waals surface area contributed by atoms with Crippen LogP contribution in [-0.2, 0) is 14.3 Å². The minimum atomic E-state index is -1.26. The molecule has 118 valence electrons. The van der Waals surface area contributed by atoms with E-state index in [-0.39, 0.29) is 6.61 Å². The Bertz CT molecular complexity index is 340. The monoisotopic (exact) mass is 291 g/mol. The first-order valence-corrected chi connectivity index (χ1v) is 6.38. The second-order valence-corrected chi connectivity index (χ2v) is 6.28. The van der Waals surface area contributed by atoms with Crippen LogP contribution in [0.1, 0.15) is 41.5 Å². The molecule has 0 fully saturated rings. The molecule has 0 bridgehead atoms. The van der Waals surface area contributed by atoms with Crippen LogP contribution in [0.25, 0.3) is 0 Å². The van der Waals surface area contributed by atoms with E-state index in [4.69, 9.17) is 9.47 Å². The average molecular weight is 291 g/mol. The zero-order valence-corrected chi connectivity index (χ0v) is 12.9. The number of aliphatic hydroxyl groups is 2. The van der Waals surface area contributed by atoms with Crippen LogP contribution in [0.4, 0.5) is 4.79 Å². The van der Waals surface area contributed by atoms with Crippen molar-refractivity contribution >= 4 is 12.1 Å². The molecule has 7 nitrogen and oxygen atoms in total. The molecular formula is C13H25NO6. The van der Waals surface area contributed by atoms with Gasteiger partial charge in [0, 0.05) is 0 Å². The number of amides is 1. The quantitative estimate of drug-likeness (QED) is 0.640. The third-order valence-corrected chi connectivity index (χ3v) is 1.98. The lowest BCUT2D eigenvalue weighted by Gasteiger charge is -2.25. The second-order valence-electron chi connectivity index (χ2n) is 6.28. The summed E-state index contributed by atoms with van der Waals surface area (Å²) >= 11 is 0. The summed E-state index contributed by atoms with van der Waals surface area (Å²) in [4.78, 5) is 23.3. The summed E-state index contributed by atoms with van der Waals surface area (Å²) in [5, 5.41) is 21.2. The number of rotatable bonds is 5. The van der Waals surface area contributed by atoms with Gasteiger partial charge in [-0.3, -0.25) is 0 Å². The summed E-state index contributed by atoms with van der Waals surface area (Å²) in [7, 11) is 0. The third kappa shape index (κ3) is 8.71. The van der Waals surface area contributed by atoms with Gasteiger partial charge in [-0.2, -0.15) is 0 Å². The molecule has 0 aliphatic heterocycles. The number of esters is 1. The fourth-order valence-electron chi connectivity index (χ4n) is 1.15. The summed E-state index contributed by atoms with van der Waals surface area (Å²) in [5.41, 5.74) is -1.91. The molecule has 0 radical (unpaired) electrons. The number of hydrogen-bond donors (Lipinski definition) is 3. The molecule has 2 atom stereocenters. The highest BCUT2D eigenvalue weighted by Crippen LogP contribution is 2.08. The molecule has 0 aliphatic carbocycles. The Balaban J connectivity index is 4.58. The van der Waals surface area contributed by atoms with Gasteiger partial charge in [0.2, 0.25) is 0 Å². The number of aliphatic hydroxyl groups excluding tert-OH is 1. The molecule has 1 amide bonds. The van der Waals surface area contributed by atoms with E-state index >= 15 is 0 Å². The molecule has 0 aromatic heterocycles. The lowest BCUT2D eigenvalue weighted by Crippen LogP contribution is -2.50. The van der Waals surface area contributed by atoms with Gasteiger partial charge in [0.15, 0.2) is 6.04 Å². The van der Waals surface area contributed by atoms with Crippen molar-refractivity contribution in [3.05, 3.63) is 0 Å². The number of ether oxygens (including phenoxy) is 2. The van der Waals surface area contributed by atoms with E-state index in [0.29, 0.717) is 0 Å². The molecule has 20 heavy (non-hydrogen) atoms. The Kier molecular flexibility index (Phi) is 6.43. The van der Waals surface area contributed by atoms with Crippen LogP contribution in [0.15, 0.2) is 0 Å². The fourth-order valence-corrected chi connectivity index (χ4v) is 1.15. The number of nitrogens with one attached hydrogen (secondary N) is 1. The molecular weight excluding hydrogens is 266 g/mol. The molecule has 7 heteroatoms. The molecule has 2 unspecified atom stereocenters. The predicted octanol–water partition coefficient (Wildman–Crippen LogP) is 0.575. The van der Waals surface area contributed by atoms with Gasteiger partial charge in [0.05, 0.1) is 11.7 Å². The zero-order valence-electron chi connectivity index (χ0n) is 12.9. The summed E-state index contributed by atoms with van der Waals surface area (Å²) in [6, 6.07) is -1.26. The lowest BCUT2D eigenvalue weighted by molar-refractivity contribution is -0.155. The van der Waals surface area contributed by atoms with Gasteiger partial charge in [-0.25, -0.2) is 9.59 Å². The second kappa shape index (κ2) is 6.90. The van der Waals surface area contributed by atoms with Crippen molar-refractivity contribution in [3.63, 3.8) is 0 Å². The van der Waals surface area contributed by atoms with Crippen molar-refractivity contribution in [1.29, 1.82) is 0 Å². The van der Waals surface area contributed by atoms with Crippen LogP contribution in [0.3, 0.4) is 0 Å². The third-order valence-electron chi connectivity index (χ3n) is 1.98.